The summed E-state index contributed by atoms with van der Waals surface area (Å²) in [7, 11) is 0. The molecule has 2 heteroatoms. The van der Waals surface area contributed by atoms with Crippen molar-refractivity contribution in [2.24, 2.45) is 11.8 Å². The summed E-state index contributed by atoms with van der Waals surface area (Å²) in [5.74, 6) is 0.391. The summed E-state index contributed by atoms with van der Waals surface area (Å²) in [4.78, 5) is 11.0. The van der Waals surface area contributed by atoms with Gasteiger partial charge in [0.25, 0.3) is 0 Å². The van der Waals surface area contributed by atoms with E-state index >= 15 is 0 Å². The number of carbonyl (C=O) groups excluding carboxylic acids is 1. The highest BCUT2D eigenvalue weighted by molar-refractivity contribution is 5.95. The van der Waals surface area contributed by atoms with Crippen molar-refractivity contribution in [3.05, 3.63) is 11.8 Å². The molecule has 0 saturated carbocycles. The van der Waals surface area contributed by atoms with Gasteiger partial charge in [0.1, 0.15) is 0 Å². The van der Waals surface area contributed by atoms with Crippen molar-refractivity contribution in [2.75, 3.05) is 0 Å². The van der Waals surface area contributed by atoms with Crippen molar-refractivity contribution >= 4 is 5.78 Å². The first-order chi connectivity index (χ1) is 4.66. The summed E-state index contributed by atoms with van der Waals surface area (Å²) >= 11 is 0. The molecule has 0 amide bonds. The lowest BCUT2D eigenvalue weighted by Gasteiger charge is -2.10. The number of allylic oxidation sites excluding steroid dienone is 2. The van der Waals surface area contributed by atoms with Gasteiger partial charge in [0.05, 0.1) is 5.76 Å². The first-order valence-electron chi connectivity index (χ1n) is 3.61. The van der Waals surface area contributed by atoms with Crippen LogP contribution in [-0.2, 0) is 4.79 Å². The van der Waals surface area contributed by atoms with E-state index < -0.39 is 0 Å². The zero-order chi connectivity index (χ0) is 7.72. The minimum absolute atomic E-state index is 0.0278. The van der Waals surface area contributed by atoms with Gasteiger partial charge in [0.2, 0.25) is 0 Å². The van der Waals surface area contributed by atoms with E-state index in [0.717, 1.165) is 6.42 Å². The van der Waals surface area contributed by atoms with E-state index in [-0.39, 0.29) is 23.4 Å². The van der Waals surface area contributed by atoms with Gasteiger partial charge in [-0.2, -0.15) is 0 Å². The SMILES string of the molecule is CCC1C(=O)C=C(O)C1C. The Kier molecular flexibility index (Phi) is 1.79. The fraction of sp³-hybridized carbons (Fsp3) is 0.625. The number of aliphatic hydroxyl groups is 1. The third-order valence-corrected chi connectivity index (χ3v) is 2.17. The molecule has 0 fully saturated rings. The molecular weight excluding hydrogens is 128 g/mol. The highest BCUT2D eigenvalue weighted by Gasteiger charge is 2.30. The monoisotopic (exact) mass is 140 g/mol. The van der Waals surface area contributed by atoms with Crippen LogP contribution >= 0.6 is 0 Å². The van der Waals surface area contributed by atoms with Crippen LogP contribution in [0.15, 0.2) is 11.8 Å². The number of rotatable bonds is 1. The maximum Gasteiger partial charge on any atom is 0.162 e. The van der Waals surface area contributed by atoms with Crippen molar-refractivity contribution in [1.29, 1.82) is 0 Å². The first-order valence-corrected chi connectivity index (χ1v) is 3.61. The summed E-state index contributed by atoms with van der Waals surface area (Å²) in [6.07, 6.45) is 2.17. The van der Waals surface area contributed by atoms with E-state index in [0.29, 0.717) is 0 Å². The molecule has 10 heavy (non-hydrogen) atoms. The molecule has 0 radical (unpaired) electrons. The van der Waals surface area contributed by atoms with E-state index in [2.05, 4.69) is 0 Å². The lowest BCUT2D eigenvalue weighted by atomic mass is 9.93. The summed E-state index contributed by atoms with van der Waals surface area (Å²) in [6.45, 7) is 3.84. The number of hydrogen-bond donors (Lipinski definition) is 1. The van der Waals surface area contributed by atoms with Gasteiger partial charge >= 0.3 is 0 Å². The largest absolute Gasteiger partial charge is 0.512 e. The topological polar surface area (TPSA) is 37.3 Å². The third kappa shape index (κ3) is 0.939. The number of aliphatic hydroxyl groups excluding tert-OH is 1. The Morgan fingerprint density at radius 3 is 2.50 bits per heavy atom. The molecule has 0 heterocycles. The Hall–Kier alpha value is -0.790. The van der Waals surface area contributed by atoms with Crippen LogP contribution in [0.25, 0.3) is 0 Å². The molecule has 2 nitrogen and oxygen atoms in total. The minimum atomic E-state index is 0.0278. The van der Waals surface area contributed by atoms with E-state index in [1.165, 1.54) is 6.08 Å². The Morgan fingerprint density at radius 2 is 2.30 bits per heavy atom. The Balaban J connectivity index is 2.76. The summed E-state index contributed by atoms with van der Waals surface area (Å²) in [5, 5.41) is 9.11. The predicted molar refractivity (Wildman–Crippen MR) is 38.7 cm³/mol. The molecule has 1 aliphatic carbocycles. The second-order valence-electron chi connectivity index (χ2n) is 2.77. The van der Waals surface area contributed by atoms with Crippen LogP contribution in [0.2, 0.25) is 0 Å². The van der Waals surface area contributed by atoms with E-state index in [4.69, 9.17) is 5.11 Å². The Labute approximate surface area is 60.6 Å². The molecule has 0 bridgehead atoms. The highest BCUT2D eigenvalue weighted by Crippen LogP contribution is 2.28. The predicted octanol–water partition coefficient (Wildman–Crippen LogP) is 1.67. The van der Waals surface area contributed by atoms with Gasteiger partial charge in [0.15, 0.2) is 5.78 Å². The molecule has 1 N–H and O–H groups in total. The highest BCUT2D eigenvalue weighted by atomic mass is 16.3. The van der Waals surface area contributed by atoms with Crippen molar-refractivity contribution in [2.45, 2.75) is 20.3 Å². The van der Waals surface area contributed by atoms with Crippen molar-refractivity contribution in [1.82, 2.24) is 0 Å². The lowest BCUT2D eigenvalue weighted by molar-refractivity contribution is -0.118. The van der Waals surface area contributed by atoms with Gasteiger partial charge in [-0.05, 0) is 6.42 Å². The van der Waals surface area contributed by atoms with Crippen LogP contribution in [0.4, 0.5) is 0 Å². The maximum atomic E-state index is 11.0. The van der Waals surface area contributed by atoms with Gasteiger partial charge in [-0.1, -0.05) is 13.8 Å². The van der Waals surface area contributed by atoms with Crippen molar-refractivity contribution in [3.63, 3.8) is 0 Å². The van der Waals surface area contributed by atoms with Crippen LogP contribution in [0.1, 0.15) is 20.3 Å². The van der Waals surface area contributed by atoms with Crippen LogP contribution in [0.3, 0.4) is 0 Å². The van der Waals surface area contributed by atoms with Crippen LogP contribution in [-0.4, -0.2) is 10.9 Å². The average Bonchev–Trinajstić information content (AvgIpc) is 2.09. The van der Waals surface area contributed by atoms with Crippen LogP contribution in [0.5, 0.6) is 0 Å². The van der Waals surface area contributed by atoms with Gasteiger partial charge < -0.3 is 5.11 Å². The fourth-order valence-electron chi connectivity index (χ4n) is 1.39. The number of carbonyl (C=O) groups is 1. The summed E-state index contributed by atoms with van der Waals surface area (Å²) in [6, 6.07) is 0. The Bertz CT molecular complexity index is 182. The second-order valence-corrected chi connectivity index (χ2v) is 2.77. The van der Waals surface area contributed by atoms with Gasteiger partial charge in [0, 0.05) is 17.9 Å². The van der Waals surface area contributed by atoms with Crippen molar-refractivity contribution in [3.8, 4) is 0 Å². The Morgan fingerprint density at radius 1 is 1.70 bits per heavy atom. The molecule has 1 rings (SSSR count). The lowest BCUT2D eigenvalue weighted by Crippen LogP contribution is -2.13. The van der Waals surface area contributed by atoms with E-state index in [9.17, 15) is 4.79 Å². The maximum absolute atomic E-state index is 11.0. The normalized spacial score (nSPS) is 32.6. The first kappa shape index (κ1) is 7.32. The number of hydrogen-bond acceptors (Lipinski definition) is 2. The second kappa shape index (κ2) is 2.45. The molecule has 56 valence electrons. The molecular formula is C8H12O2. The molecule has 1 aliphatic rings. The van der Waals surface area contributed by atoms with Gasteiger partial charge in [-0.25, -0.2) is 0 Å². The molecule has 0 saturated heterocycles. The molecule has 2 atom stereocenters. The molecule has 2 unspecified atom stereocenters. The zero-order valence-corrected chi connectivity index (χ0v) is 6.29. The number of ketones is 1. The molecule has 0 aromatic heterocycles. The average molecular weight is 140 g/mol. The zero-order valence-electron chi connectivity index (χ0n) is 6.29. The van der Waals surface area contributed by atoms with E-state index in [1.54, 1.807) is 0 Å². The summed E-state index contributed by atoms with van der Waals surface area (Å²) < 4.78 is 0. The molecule has 0 aromatic carbocycles. The van der Waals surface area contributed by atoms with Crippen molar-refractivity contribution < 1.29 is 9.90 Å². The van der Waals surface area contributed by atoms with Gasteiger partial charge in [-0.15, -0.1) is 0 Å². The standard InChI is InChI=1S/C8H12O2/c1-3-6-5(2)7(9)4-8(6)10/h4-6,9H,3H2,1-2H3. The van der Waals surface area contributed by atoms with Crippen LogP contribution in [0, 0.1) is 11.8 Å². The summed E-state index contributed by atoms with van der Waals surface area (Å²) in [5.41, 5.74) is 0. The molecule has 0 aromatic rings. The van der Waals surface area contributed by atoms with Crippen LogP contribution < -0.4 is 0 Å². The third-order valence-electron chi connectivity index (χ3n) is 2.17. The minimum Gasteiger partial charge on any atom is -0.512 e. The molecule has 0 spiro atoms. The smallest absolute Gasteiger partial charge is 0.162 e. The fourth-order valence-corrected chi connectivity index (χ4v) is 1.39. The molecule has 0 aliphatic heterocycles. The quantitative estimate of drug-likeness (QED) is 0.601. The van der Waals surface area contributed by atoms with Gasteiger partial charge in [-0.3, -0.25) is 4.79 Å². The van der Waals surface area contributed by atoms with E-state index in [1.807, 2.05) is 13.8 Å².